The van der Waals surface area contributed by atoms with Crippen LogP contribution in [-0.4, -0.2) is 64.6 Å². The standard InChI is InChI=1S/C39H51ClN6O4/c1-39(2,3)44-38(49)46-21-19-28(10-8-9-27-13-15-29(16-14-27)26-45-20-6-4-12-36(45)47)23-34(46)37(48)42-25-32(41)31-24-30(40)17-18-33(31)43-35-11-5-7-22-50-35/h4,6,12-18,20,24,28,34-35,41,43H,5,7-11,19,21-23,25-26H2,1-3H3,(H,42,48)(H,44,49). The summed E-state index contributed by atoms with van der Waals surface area (Å²) in [6, 6.07) is 18.0. The van der Waals surface area contributed by atoms with E-state index < -0.39 is 11.6 Å². The Morgan fingerprint density at radius 3 is 2.52 bits per heavy atom. The quantitative estimate of drug-likeness (QED) is 0.159. The second-order valence-corrected chi connectivity index (χ2v) is 15.0. The number of anilines is 1. The summed E-state index contributed by atoms with van der Waals surface area (Å²) in [5.74, 6) is 0.0242. The Kier molecular flexibility index (Phi) is 12.8. The van der Waals surface area contributed by atoms with Gasteiger partial charge in [-0.2, -0.15) is 0 Å². The fourth-order valence-corrected chi connectivity index (χ4v) is 6.86. The molecule has 0 saturated carbocycles. The average Bonchev–Trinajstić information content (AvgIpc) is 3.09. The third-order valence-electron chi connectivity index (χ3n) is 9.35. The fraction of sp³-hybridized carbons (Fsp3) is 0.487. The Morgan fingerprint density at radius 1 is 1.02 bits per heavy atom. The van der Waals surface area contributed by atoms with Gasteiger partial charge < -0.3 is 35.6 Å². The van der Waals surface area contributed by atoms with E-state index in [9.17, 15) is 14.4 Å². The summed E-state index contributed by atoms with van der Waals surface area (Å²) in [6.07, 6.45) is 8.85. The lowest BCUT2D eigenvalue weighted by molar-refractivity contribution is -0.126. The lowest BCUT2D eigenvalue weighted by Gasteiger charge is -2.40. The highest BCUT2D eigenvalue weighted by molar-refractivity contribution is 6.31. The maximum Gasteiger partial charge on any atom is 0.318 e. The van der Waals surface area contributed by atoms with Crippen LogP contribution < -0.4 is 21.5 Å². The summed E-state index contributed by atoms with van der Waals surface area (Å²) < 4.78 is 7.54. The number of rotatable bonds is 12. The topological polar surface area (TPSA) is 129 Å². The van der Waals surface area contributed by atoms with Crippen molar-refractivity contribution in [3.63, 3.8) is 0 Å². The molecule has 5 rings (SSSR count). The van der Waals surface area contributed by atoms with Gasteiger partial charge in [0.2, 0.25) is 5.91 Å². The molecular weight excluding hydrogens is 652 g/mol. The monoisotopic (exact) mass is 702 g/mol. The van der Waals surface area contributed by atoms with Gasteiger partial charge in [-0.1, -0.05) is 41.9 Å². The smallest absolute Gasteiger partial charge is 0.318 e. The van der Waals surface area contributed by atoms with Crippen molar-refractivity contribution in [3.8, 4) is 0 Å². The zero-order chi connectivity index (χ0) is 35.7. The third kappa shape index (κ3) is 10.7. The molecule has 2 aliphatic heterocycles. The van der Waals surface area contributed by atoms with E-state index in [0.717, 1.165) is 56.2 Å². The van der Waals surface area contributed by atoms with E-state index in [4.69, 9.17) is 21.7 Å². The number of urea groups is 1. The number of likely N-dealkylation sites (tertiary alicyclic amines) is 1. The molecule has 0 spiro atoms. The molecule has 0 radical (unpaired) electrons. The fourth-order valence-electron chi connectivity index (χ4n) is 6.69. The second-order valence-electron chi connectivity index (χ2n) is 14.5. The lowest BCUT2D eigenvalue weighted by atomic mass is 9.86. The molecule has 10 nitrogen and oxygen atoms in total. The highest BCUT2D eigenvalue weighted by Gasteiger charge is 2.37. The van der Waals surface area contributed by atoms with E-state index in [-0.39, 0.29) is 41.9 Å². The van der Waals surface area contributed by atoms with E-state index in [1.807, 2.05) is 32.9 Å². The minimum absolute atomic E-state index is 0.00415. The maximum absolute atomic E-state index is 13.8. The molecule has 11 heteroatoms. The van der Waals surface area contributed by atoms with Crippen molar-refractivity contribution >= 4 is 34.9 Å². The van der Waals surface area contributed by atoms with E-state index in [2.05, 4.69) is 40.2 Å². The summed E-state index contributed by atoms with van der Waals surface area (Å²) >= 11 is 6.33. The largest absolute Gasteiger partial charge is 0.360 e. The molecule has 0 aliphatic carbocycles. The van der Waals surface area contributed by atoms with Crippen molar-refractivity contribution in [1.82, 2.24) is 20.1 Å². The number of benzene rings is 2. The summed E-state index contributed by atoms with van der Waals surface area (Å²) in [5, 5.41) is 18.8. The number of piperidine rings is 1. The highest BCUT2D eigenvalue weighted by atomic mass is 35.5. The van der Waals surface area contributed by atoms with E-state index in [1.165, 1.54) is 5.56 Å². The van der Waals surface area contributed by atoms with E-state index in [1.54, 1.807) is 39.9 Å². The van der Waals surface area contributed by atoms with Crippen molar-refractivity contribution in [3.05, 3.63) is 98.9 Å². The van der Waals surface area contributed by atoms with Crippen LogP contribution in [0.5, 0.6) is 0 Å². The maximum atomic E-state index is 13.8. The number of pyridine rings is 1. The molecule has 2 saturated heterocycles. The van der Waals surface area contributed by atoms with Gasteiger partial charge in [0.25, 0.3) is 5.56 Å². The number of hydrogen-bond acceptors (Lipinski definition) is 6. The van der Waals surface area contributed by atoms with Gasteiger partial charge >= 0.3 is 6.03 Å². The molecule has 2 aromatic carbocycles. The normalized spacial score (nSPS) is 19.4. The number of amides is 3. The third-order valence-corrected chi connectivity index (χ3v) is 9.59. The molecule has 50 heavy (non-hydrogen) atoms. The molecule has 3 heterocycles. The molecule has 1 aromatic heterocycles. The van der Waals surface area contributed by atoms with Gasteiger partial charge in [-0.25, -0.2) is 4.79 Å². The number of aryl methyl sites for hydroxylation is 1. The number of nitrogens with one attached hydrogen (secondary N) is 4. The van der Waals surface area contributed by atoms with Crippen LogP contribution in [-0.2, 0) is 22.5 Å². The van der Waals surface area contributed by atoms with Gasteiger partial charge in [0.1, 0.15) is 12.3 Å². The molecule has 2 aliphatic rings. The number of hydrogen-bond donors (Lipinski definition) is 4. The Bertz CT molecular complexity index is 1680. The van der Waals surface area contributed by atoms with Gasteiger partial charge in [-0.15, -0.1) is 0 Å². The first-order valence-corrected chi connectivity index (χ1v) is 18.2. The van der Waals surface area contributed by atoms with Crippen molar-refractivity contribution in [2.75, 3.05) is 25.0 Å². The molecule has 2 fully saturated rings. The molecule has 268 valence electrons. The predicted molar refractivity (Wildman–Crippen MR) is 199 cm³/mol. The Labute approximate surface area is 300 Å². The average molecular weight is 703 g/mol. The van der Waals surface area contributed by atoms with Gasteiger partial charge in [0.15, 0.2) is 0 Å². The Hall–Kier alpha value is -4.15. The number of nitrogens with zero attached hydrogens (tertiary/aromatic N) is 2. The van der Waals surface area contributed by atoms with Gasteiger partial charge in [-0.05, 0) is 113 Å². The van der Waals surface area contributed by atoms with Crippen LogP contribution in [0.1, 0.15) is 82.4 Å². The molecule has 4 N–H and O–H groups in total. The number of carbonyl (C=O) groups is 2. The summed E-state index contributed by atoms with van der Waals surface area (Å²) in [7, 11) is 0. The summed E-state index contributed by atoms with van der Waals surface area (Å²) in [5.41, 5.74) is 3.42. The Balaban J connectivity index is 1.18. The van der Waals surface area contributed by atoms with Crippen LogP contribution in [0, 0.1) is 11.3 Å². The molecular formula is C39H51ClN6O4. The Morgan fingerprint density at radius 2 is 1.80 bits per heavy atom. The number of aromatic nitrogens is 1. The lowest BCUT2D eigenvalue weighted by Crippen LogP contribution is -2.59. The first kappa shape index (κ1) is 37.1. The number of halogens is 1. The van der Waals surface area contributed by atoms with Crippen molar-refractivity contribution in [2.24, 2.45) is 5.92 Å². The minimum atomic E-state index is -0.642. The number of carbonyl (C=O) groups excluding carboxylic acids is 2. The van der Waals surface area contributed by atoms with Crippen LogP contribution in [0.15, 0.2) is 71.7 Å². The SMILES string of the molecule is CC(C)(C)NC(=O)N1CCC(CCCc2ccc(Cn3ccccc3=O)cc2)CC1C(=O)NCC(=N)c1cc(Cl)ccc1NC1CCCCO1. The minimum Gasteiger partial charge on any atom is -0.360 e. The van der Waals surface area contributed by atoms with Crippen LogP contribution in [0.2, 0.25) is 5.02 Å². The number of ether oxygens (including phenoxy) is 1. The molecule has 3 unspecified atom stereocenters. The molecule has 3 aromatic rings. The van der Waals surface area contributed by atoms with Gasteiger partial charge in [-0.3, -0.25) is 9.59 Å². The molecule has 3 atom stereocenters. The van der Waals surface area contributed by atoms with Crippen LogP contribution in [0.4, 0.5) is 10.5 Å². The van der Waals surface area contributed by atoms with Crippen molar-refractivity contribution in [2.45, 2.75) is 96.5 Å². The van der Waals surface area contributed by atoms with Gasteiger partial charge in [0, 0.05) is 47.2 Å². The first-order chi connectivity index (χ1) is 23.9. The molecule has 0 bridgehead atoms. The van der Waals surface area contributed by atoms with Crippen molar-refractivity contribution < 1.29 is 14.3 Å². The zero-order valence-corrected chi connectivity index (χ0v) is 30.2. The molecule has 3 amide bonds. The summed E-state index contributed by atoms with van der Waals surface area (Å²) in [4.78, 5) is 40.9. The van der Waals surface area contributed by atoms with Crippen LogP contribution in [0.3, 0.4) is 0 Å². The van der Waals surface area contributed by atoms with E-state index >= 15 is 0 Å². The first-order valence-electron chi connectivity index (χ1n) is 17.8. The second kappa shape index (κ2) is 17.2. The van der Waals surface area contributed by atoms with Crippen LogP contribution in [0.25, 0.3) is 0 Å². The van der Waals surface area contributed by atoms with E-state index in [0.29, 0.717) is 36.7 Å². The predicted octanol–water partition coefficient (Wildman–Crippen LogP) is 6.58. The zero-order valence-electron chi connectivity index (χ0n) is 29.5. The van der Waals surface area contributed by atoms with Crippen molar-refractivity contribution in [1.29, 1.82) is 5.41 Å². The van der Waals surface area contributed by atoms with Crippen LogP contribution >= 0.6 is 11.6 Å². The summed E-state index contributed by atoms with van der Waals surface area (Å²) in [6.45, 7) is 7.51. The highest BCUT2D eigenvalue weighted by Crippen LogP contribution is 2.29. The van der Waals surface area contributed by atoms with Gasteiger partial charge in [0.05, 0.1) is 18.8 Å².